The number of hydrogen-bond acceptors (Lipinski definition) is 6. The van der Waals surface area contributed by atoms with Crippen molar-refractivity contribution < 1.29 is 13.2 Å². The highest BCUT2D eigenvalue weighted by molar-refractivity contribution is 7.99. The third kappa shape index (κ3) is 5.32. The third-order valence-corrected chi connectivity index (χ3v) is 6.83. The molecule has 0 aliphatic carbocycles. The first-order valence-electron chi connectivity index (χ1n) is 8.94. The number of rotatable bonds is 9. The number of sulfone groups is 1. The second-order valence-corrected chi connectivity index (χ2v) is 9.00. The van der Waals surface area contributed by atoms with E-state index in [1.54, 1.807) is 33.7 Å². The largest absolute Gasteiger partial charge is 0.343 e. The zero-order valence-electron chi connectivity index (χ0n) is 16.2. The molecule has 0 fully saturated rings. The molecule has 0 aliphatic rings. The fourth-order valence-electron chi connectivity index (χ4n) is 2.64. The maximum Gasteiger partial charge on any atom is 0.233 e. The van der Waals surface area contributed by atoms with E-state index in [2.05, 4.69) is 10.2 Å². The van der Waals surface area contributed by atoms with Crippen molar-refractivity contribution in [3.05, 3.63) is 35.7 Å². The maximum absolute atomic E-state index is 12.7. The van der Waals surface area contributed by atoms with E-state index in [-0.39, 0.29) is 22.3 Å². The Morgan fingerprint density at radius 1 is 1.11 bits per heavy atom. The van der Waals surface area contributed by atoms with Gasteiger partial charge in [0.05, 0.1) is 10.6 Å². The van der Waals surface area contributed by atoms with Gasteiger partial charge in [-0.05, 0) is 39.8 Å². The molecule has 0 bridgehead atoms. The van der Waals surface area contributed by atoms with Gasteiger partial charge in [0.15, 0.2) is 15.0 Å². The Kier molecular flexibility index (Phi) is 7.43. The lowest BCUT2D eigenvalue weighted by Crippen LogP contribution is -2.31. The van der Waals surface area contributed by atoms with E-state index in [0.717, 1.165) is 5.56 Å². The van der Waals surface area contributed by atoms with Crippen LogP contribution in [0.3, 0.4) is 0 Å². The first-order valence-corrected chi connectivity index (χ1v) is 11.6. The molecule has 2 rings (SSSR count). The molecule has 0 saturated carbocycles. The van der Waals surface area contributed by atoms with Crippen molar-refractivity contribution in [1.82, 2.24) is 19.7 Å². The van der Waals surface area contributed by atoms with Crippen LogP contribution in [0.15, 0.2) is 34.3 Å². The summed E-state index contributed by atoms with van der Waals surface area (Å²) in [6.45, 7) is 9.55. The number of nitrogens with zero attached hydrogens (tertiary/aromatic N) is 4. The summed E-state index contributed by atoms with van der Waals surface area (Å²) in [6, 6.07) is 6.76. The highest BCUT2D eigenvalue weighted by Gasteiger charge is 2.22. The number of thioether (sulfide) groups is 1. The van der Waals surface area contributed by atoms with E-state index in [4.69, 9.17) is 0 Å². The summed E-state index contributed by atoms with van der Waals surface area (Å²) in [5.74, 6) is 0.451. The summed E-state index contributed by atoms with van der Waals surface area (Å²) < 4.78 is 27.1. The molecule has 7 nitrogen and oxygen atoms in total. The minimum Gasteiger partial charge on any atom is -0.343 e. The minimum absolute atomic E-state index is 0.0319. The van der Waals surface area contributed by atoms with Crippen LogP contribution in [0.4, 0.5) is 0 Å². The summed E-state index contributed by atoms with van der Waals surface area (Å²) in [5.41, 5.74) is 1.00. The second kappa shape index (κ2) is 9.36. The molecule has 0 radical (unpaired) electrons. The normalized spacial score (nSPS) is 11.6. The van der Waals surface area contributed by atoms with Crippen LogP contribution >= 0.6 is 11.8 Å². The molecule has 1 aromatic carbocycles. The average molecular weight is 411 g/mol. The number of hydrogen-bond donors (Lipinski definition) is 0. The Hall–Kier alpha value is -1.87. The van der Waals surface area contributed by atoms with Crippen LogP contribution < -0.4 is 0 Å². The standard InChI is InChI=1S/C18H26N4O3S2/c1-5-21(6-2)17(23)12-26-18-20-19-16(22(18)7-3)13-27(24,25)15-10-8-14(4)9-11-15/h8-11H,5-7,12-13H2,1-4H3. The summed E-state index contributed by atoms with van der Waals surface area (Å²) in [5, 5.41) is 8.73. The van der Waals surface area contributed by atoms with Crippen LogP contribution in [0.1, 0.15) is 32.2 Å². The van der Waals surface area contributed by atoms with E-state index < -0.39 is 9.84 Å². The predicted molar refractivity (Wildman–Crippen MR) is 106 cm³/mol. The lowest BCUT2D eigenvalue weighted by molar-refractivity contribution is -0.127. The lowest BCUT2D eigenvalue weighted by Gasteiger charge is -2.18. The quantitative estimate of drug-likeness (QED) is 0.591. The topological polar surface area (TPSA) is 85.2 Å². The molecular formula is C18H26N4O3S2. The van der Waals surface area contributed by atoms with E-state index in [9.17, 15) is 13.2 Å². The smallest absolute Gasteiger partial charge is 0.233 e. The van der Waals surface area contributed by atoms with Crippen molar-refractivity contribution in [2.45, 2.75) is 50.0 Å². The van der Waals surface area contributed by atoms with Gasteiger partial charge in [-0.15, -0.1) is 10.2 Å². The predicted octanol–water partition coefficient (Wildman–Crippen LogP) is 2.54. The van der Waals surface area contributed by atoms with Crippen molar-refractivity contribution in [3.8, 4) is 0 Å². The average Bonchev–Trinajstić information content (AvgIpc) is 3.02. The fraction of sp³-hybridized carbons (Fsp3) is 0.500. The van der Waals surface area contributed by atoms with E-state index >= 15 is 0 Å². The molecular weight excluding hydrogens is 384 g/mol. The number of benzene rings is 1. The highest BCUT2D eigenvalue weighted by Crippen LogP contribution is 2.21. The molecule has 2 aromatic rings. The van der Waals surface area contributed by atoms with Crippen LogP contribution in [-0.2, 0) is 26.9 Å². The first kappa shape index (κ1) is 21.4. The van der Waals surface area contributed by atoms with Gasteiger partial charge < -0.3 is 9.47 Å². The maximum atomic E-state index is 12.7. The van der Waals surface area contributed by atoms with Crippen molar-refractivity contribution in [3.63, 3.8) is 0 Å². The Bertz CT molecular complexity index is 873. The number of aryl methyl sites for hydroxylation is 1. The van der Waals surface area contributed by atoms with Gasteiger partial charge in [-0.3, -0.25) is 4.79 Å². The molecule has 0 atom stereocenters. The van der Waals surface area contributed by atoms with E-state index in [1.165, 1.54) is 11.8 Å². The number of carbonyl (C=O) groups is 1. The molecule has 0 unspecified atom stereocenters. The molecule has 0 aliphatic heterocycles. The van der Waals surface area contributed by atoms with Gasteiger partial charge in [0.1, 0.15) is 11.6 Å². The Morgan fingerprint density at radius 3 is 2.30 bits per heavy atom. The van der Waals surface area contributed by atoms with Crippen LogP contribution in [0.5, 0.6) is 0 Å². The summed E-state index contributed by atoms with van der Waals surface area (Å²) in [4.78, 5) is 14.2. The van der Waals surface area contributed by atoms with Gasteiger partial charge in [-0.2, -0.15) is 0 Å². The van der Waals surface area contributed by atoms with Gasteiger partial charge >= 0.3 is 0 Å². The third-order valence-electron chi connectivity index (χ3n) is 4.25. The SMILES string of the molecule is CCN(CC)C(=O)CSc1nnc(CS(=O)(=O)c2ccc(C)cc2)n1CC. The molecule has 1 aromatic heterocycles. The molecule has 0 spiro atoms. The zero-order valence-corrected chi connectivity index (χ0v) is 17.8. The van der Waals surface area contributed by atoms with Crippen molar-refractivity contribution in [1.29, 1.82) is 0 Å². The number of aromatic nitrogens is 3. The summed E-state index contributed by atoms with van der Waals surface area (Å²) >= 11 is 1.29. The highest BCUT2D eigenvalue weighted by atomic mass is 32.2. The molecule has 148 valence electrons. The molecule has 0 N–H and O–H groups in total. The van der Waals surface area contributed by atoms with Gasteiger partial charge in [-0.25, -0.2) is 8.42 Å². The second-order valence-electron chi connectivity index (χ2n) is 6.07. The first-order chi connectivity index (χ1) is 12.8. The lowest BCUT2D eigenvalue weighted by atomic mass is 10.2. The van der Waals surface area contributed by atoms with Gasteiger partial charge in [0.2, 0.25) is 5.91 Å². The van der Waals surface area contributed by atoms with Crippen LogP contribution in [-0.4, -0.2) is 52.8 Å². The van der Waals surface area contributed by atoms with Crippen molar-refractivity contribution in [2.24, 2.45) is 0 Å². The molecule has 27 heavy (non-hydrogen) atoms. The Balaban J connectivity index is 2.15. The van der Waals surface area contributed by atoms with E-state index in [0.29, 0.717) is 30.6 Å². The molecule has 1 amide bonds. The van der Waals surface area contributed by atoms with Crippen LogP contribution in [0.2, 0.25) is 0 Å². The number of carbonyl (C=O) groups excluding carboxylic acids is 1. The Labute approximate surface area is 165 Å². The molecule has 0 saturated heterocycles. The number of amides is 1. The summed E-state index contributed by atoms with van der Waals surface area (Å²) in [6.07, 6.45) is 0. The van der Waals surface area contributed by atoms with Gasteiger partial charge in [0, 0.05) is 19.6 Å². The van der Waals surface area contributed by atoms with E-state index in [1.807, 2.05) is 27.7 Å². The Morgan fingerprint density at radius 2 is 1.74 bits per heavy atom. The monoisotopic (exact) mass is 410 g/mol. The minimum atomic E-state index is -3.51. The fourth-order valence-corrected chi connectivity index (χ4v) is 4.84. The van der Waals surface area contributed by atoms with Crippen LogP contribution in [0.25, 0.3) is 0 Å². The summed E-state index contributed by atoms with van der Waals surface area (Å²) in [7, 11) is -3.51. The molecule has 1 heterocycles. The van der Waals surface area contributed by atoms with Crippen molar-refractivity contribution >= 4 is 27.5 Å². The zero-order chi connectivity index (χ0) is 20.0. The van der Waals surface area contributed by atoms with Crippen molar-refractivity contribution in [2.75, 3.05) is 18.8 Å². The van der Waals surface area contributed by atoms with Crippen LogP contribution in [0, 0.1) is 6.92 Å². The molecule has 9 heteroatoms. The van der Waals surface area contributed by atoms with Gasteiger partial charge in [-0.1, -0.05) is 29.5 Å². The van der Waals surface area contributed by atoms with Gasteiger partial charge in [0.25, 0.3) is 0 Å².